The van der Waals surface area contributed by atoms with E-state index < -0.39 is 29.2 Å². The first-order valence-corrected chi connectivity index (χ1v) is 11.4. The third kappa shape index (κ3) is 4.34. The molecule has 0 aliphatic heterocycles. The summed E-state index contributed by atoms with van der Waals surface area (Å²) in [6, 6.07) is 15.1. The van der Waals surface area contributed by atoms with Gasteiger partial charge in [-0.05, 0) is 47.1 Å². The third-order valence-electron chi connectivity index (χ3n) is 6.73. The Labute approximate surface area is 191 Å². The number of urea groups is 1. The van der Waals surface area contributed by atoms with Crippen molar-refractivity contribution < 1.29 is 18.0 Å². The van der Waals surface area contributed by atoms with E-state index in [1.807, 2.05) is 18.2 Å². The second-order valence-corrected chi connectivity index (χ2v) is 8.92. The number of fused-ring (bicyclic) bond motifs is 3. The van der Waals surface area contributed by atoms with E-state index in [1.54, 1.807) is 4.90 Å². The Kier molecular flexibility index (Phi) is 5.83. The summed E-state index contributed by atoms with van der Waals surface area (Å²) in [7, 11) is 0. The van der Waals surface area contributed by atoms with Crippen LogP contribution in [-0.4, -0.2) is 17.0 Å². The Morgan fingerprint density at radius 2 is 1.58 bits per heavy atom. The molecular weight excluding hydrogens is 425 g/mol. The molecule has 0 unspecified atom stereocenters. The molecule has 0 spiro atoms. The zero-order valence-electron chi connectivity index (χ0n) is 18.2. The average Bonchev–Trinajstić information content (AvgIpc) is 3.18. The van der Waals surface area contributed by atoms with Crippen LogP contribution in [-0.2, 0) is 13.0 Å². The van der Waals surface area contributed by atoms with E-state index in [-0.39, 0.29) is 6.04 Å². The quantitative estimate of drug-likeness (QED) is 0.355. The molecule has 1 saturated carbocycles. The van der Waals surface area contributed by atoms with Gasteiger partial charge in [0, 0.05) is 24.7 Å². The molecule has 1 fully saturated rings. The van der Waals surface area contributed by atoms with Crippen LogP contribution in [0, 0.1) is 17.5 Å². The highest BCUT2D eigenvalue weighted by Gasteiger charge is 2.28. The number of carbonyl (C=O) groups excluding carboxylic acids is 1. The van der Waals surface area contributed by atoms with Crippen LogP contribution in [0.1, 0.15) is 48.8 Å². The van der Waals surface area contributed by atoms with Gasteiger partial charge in [-0.3, -0.25) is 0 Å². The lowest BCUT2D eigenvalue weighted by Crippen LogP contribution is -2.43. The van der Waals surface area contributed by atoms with E-state index in [9.17, 15) is 18.0 Å². The second kappa shape index (κ2) is 8.93. The van der Waals surface area contributed by atoms with Crippen molar-refractivity contribution in [2.45, 2.75) is 51.1 Å². The molecule has 2 amide bonds. The summed E-state index contributed by atoms with van der Waals surface area (Å²) in [4.78, 5) is 14.9. The fraction of sp³-hybridized carbons (Fsp3) is 0.296. The van der Waals surface area contributed by atoms with Crippen molar-refractivity contribution in [3.8, 4) is 11.1 Å². The molecule has 0 saturated heterocycles. The highest BCUT2D eigenvalue weighted by atomic mass is 19.1. The number of halogens is 3. The largest absolute Gasteiger partial charge is 0.322 e. The monoisotopic (exact) mass is 450 g/mol. The zero-order chi connectivity index (χ0) is 22.9. The van der Waals surface area contributed by atoms with Gasteiger partial charge in [0.2, 0.25) is 0 Å². The first-order chi connectivity index (χ1) is 16.0. The van der Waals surface area contributed by atoms with Crippen molar-refractivity contribution in [1.29, 1.82) is 0 Å². The number of benzene rings is 3. The maximum atomic E-state index is 14.2. The van der Waals surface area contributed by atoms with Crippen LogP contribution in [0.2, 0.25) is 0 Å². The summed E-state index contributed by atoms with van der Waals surface area (Å²) in [5.41, 5.74) is 5.30. The standard InChI is InChI=1S/C27H25F3N2O/c28-20-14-24(29)26(25(30)15-20)31-27(33)32(21-7-2-1-3-8-21)16-17-10-11-23-19(12-17)13-18-6-4-5-9-22(18)23/h4-6,9-12,14-15,21H,1-3,7-8,13,16H2,(H,31,33). The van der Waals surface area contributed by atoms with Crippen molar-refractivity contribution in [1.82, 2.24) is 4.90 Å². The van der Waals surface area contributed by atoms with Crippen LogP contribution < -0.4 is 5.32 Å². The molecule has 0 radical (unpaired) electrons. The van der Waals surface area contributed by atoms with Crippen molar-refractivity contribution in [3.05, 3.63) is 88.7 Å². The Bertz CT molecular complexity index is 1180. The van der Waals surface area contributed by atoms with Gasteiger partial charge in [-0.1, -0.05) is 61.7 Å². The number of rotatable bonds is 4. The fourth-order valence-electron chi connectivity index (χ4n) is 5.09. The average molecular weight is 451 g/mol. The zero-order valence-corrected chi connectivity index (χ0v) is 18.2. The fourth-order valence-corrected chi connectivity index (χ4v) is 5.09. The molecule has 0 atom stereocenters. The van der Waals surface area contributed by atoms with Crippen LogP contribution in [0.3, 0.4) is 0 Å². The number of anilines is 1. The molecule has 3 aromatic rings. The molecule has 0 aromatic heterocycles. The van der Waals surface area contributed by atoms with E-state index in [0.29, 0.717) is 18.7 Å². The number of nitrogens with zero attached hydrogens (tertiary/aromatic N) is 1. The van der Waals surface area contributed by atoms with Gasteiger partial charge in [-0.25, -0.2) is 18.0 Å². The molecule has 6 heteroatoms. The Hall–Kier alpha value is -3.28. The first kappa shape index (κ1) is 21.6. The predicted molar refractivity (Wildman–Crippen MR) is 122 cm³/mol. The van der Waals surface area contributed by atoms with Crippen LogP contribution in [0.5, 0.6) is 0 Å². The molecule has 33 heavy (non-hydrogen) atoms. The van der Waals surface area contributed by atoms with Gasteiger partial charge in [0.05, 0.1) is 0 Å². The lowest BCUT2D eigenvalue weighted by molar-refractivity contribution is 0.162. The van der Waals surface area contributed by atoms with E-state index in [4.69, 9.17) is 0 Å². The van der Waals surface area contributed by atoms with Crippen LogP contribution in [0.15, 0.2) is 54.6 Å². The topological polar surface area (TPSA) is 32.3 Å². The maximum absolute atomic E-state index is 14.2. The number of amides is 2. The lowest BCUT2D eigenvalue weighted by atomic mass is 9.93. The highest BCUT2D eigenvalue weighted by molar-refractivity contribution is 5.90. The van der Waals surface area contributed by atoms with Gasteiger partial charge < -0.3 is 10.2 Å². The van der Waals surface area contributed by atoms with Gasteiger partial charge in [-0.2, -0.15) is 0 Å². The Morgan fingerprint density at radius 3 is 2.33 bits per heavy atom. The molecule has 170 valence electrons. The number of nitrogens with one attached hydrogen (secondary N) is 1. The van der Waals surface area contributed by atoms with E-state index in [0.717, 1.165) is 44.1 Å². The number of hydrogen-bond acceptors (Lipinski definition) is 1. The van der Waals surface area contributed by atoms with Crippen molar-refractivity contribution in [2.24, 2.45) is 0 Å². The van der Waals surface area contributed by atoms with Crippen molar-refractivity contribution in [2.75, 3.05) is 5.32 Å². The third-order valence-corrected chi connectivity index (χ3v) is 6.73. The summed E-state index contributed by atoms with van der Waals surface area (Å²) >= 11 is 0. The van der Waals surface area contributed by atoms with E-state index in [2.05, 4.69) is 29.6 Å². The SMILES string of the molecule is O=C(Nc1c(F)cc(F)cc1F)N(Cc1ccc2c(c1)Cc1ccccc1-2)C1CCCCC1. The minimum absolute atomic E-state index is 0.0178. The van der Waals surface area contributed by atoms with E-state index >= 15 is 0 Å². The van der Waals surface area contributed by atoms with Crippen LogP contribution >= 0.6 is 0 Å². The summed E-state index contributed by atoms with van der Waals surface area (Å²) in [5.74, 6) is -3.27. The summed E-state index contributed by atoms with van der Waals surface area (Å²) < 4.78 is 41.6. The van der Waals surface area contributed by atoms with Gasteiger partial charge in [-0.15, -0.1) is 0 Å². The molecule has 1 N–H and O–H groups in total. The molecular formula is C27H25F3N2O. The number of carbonyl (C=O) groups is 1. The second-order valence-electron chi connectivity index (χ2n) is 8.92. The maximum Gasteiger partial charge on any atom is 0.322 e. The molecule has 0 bridgehead atoms. The van der Waals surface area contributed by atoms with Gasteiger partial charge in [0.25, 0.3) is 0 Å². The van der Waals surface area contributed by atoms with Crippen LogP contribution in [0.4, 0.5) is 23.7 Å². The van der Waals surface area contributed by atoms with E-state index in [1.165, 1.54) is 22.3 Å². The van der Waals surface area contributed by atoms with Crippen LogP contribution in [0.25, 0.3) is 11.1 Å². The lowest BCUT2D eigenvalue weighted by Gasteiger charge is -2.34. The van der Waals surface area contributed by atoms with Crippen molar-refractivity contribution in [3.63, 3.8) is 0 Å². The van der Waals surface area contributed by atoms with Crippen molar-refractivity contribution >= 4 is 11.7 Å². The summed E-state index contributed by atoms with van der Waals surface area (Å²) in [6.45, 7) is 0.338. The highest BCUT2D eigenvalue weighted by Crippen LogP contribution is 2.37. The number of hydrogen-bond donors (Lipinski definition) is 1. The summed E-state index contributed by atoms with van der Waals surface area (Å²) in [6.07, 6.45) is 5.67. The minimum atomic E-state index is -1.13. The molecule has 0 heterocycles. The van der Waals surface area contributed by atoms with Gasteiger partial charge in [0.1, 0.15) is 11.5 Å². The predicted octanol–water partition coefficient (Wildman–Crippen LogP) is 7.04. The molecule has 5 rings (SSSR count). The molecule has 2 aliphatic carbocycles. The molecule has 2 aliphatic rings. The molecule has 3 nitrogen and oxygen atoms in total. The first-order valence-electron chi connectivity index (χ1n) is 11.4. The summed E-state index contributed by atoms with van der Waals surface area (Å²) in [5, 5.41) is 2.36. The van der Waals surface area contributed by atoms with Gasteiger partial charge in [0.15, 0.2) is 11.6 Å². The molecule has 3 aromatic carbocycles. The smallest absolute Gasteiger partial charge is 0.317 e. The normalized spacial score (nSPS) is 15.1. The van der Waals surface area contributed by atoms with Gasteiger partial charge >= 0.3 is 6.03 Å². The Morgan fingerprint density at radius 1 is 0.879 bits per heavy atom. The minimum Gasteiger partial charge on any atom is -0.317 e. The Balaban J connectivity index is 1.41.